The van der Waals surface area contributed by atoms with Crippen molar-refractivity contribution in [1.82, 2.24) is 9.88 Å². The number of piperidine rings is 1. The summed E-state index contributed by atoms with van der Waals surface area (Å²) in [6, 6.07) is 6.19. The van der Waals surface area contributed by atoms with Gasteiger partial charge in [-0.2, -0.15) is 0 Å². The van der Waals surface area contributed by atoms with Crippen LogP contribution in [0.1, 0.15) is 37.8 Å². The Kier molecular flexibility index (Phi) is 4.65. The van der Waals surface area contributed by atoms with Crippen molar-refractivity contribution < 1.29 is 9.47 Å². The van der Waals surface area contributed by atoms with Gasteiger partial charge in [0.1, 0.15) is 0 Å². The molecule has 1 aromatic rings. The van der Waals surface area contributed by atoms with Crippen LogP contribution in [-0.4, -0.2) is 48.9 Å². The van der Waals surface area contributed by atoms with Crippen molar-refractivity contribution in [3.05, 3.63) is 30.1 Å². The molecule has 3 fully saturated rings. The number of ether oxygens (including phenoxy) is 2. The second-order valence-corrected chi connectivity index (χ2v) is 7.60. The molecule has 2 aliphatic heterocycles. The first kappa shape index (κ1) is 15.6. The van der Waals surface area contributed by atoms with E-state index in [1.165, 1.54) is 25.7 Å². The zero-order chi connectivity index (χ0) is 15.5. The van der Waals surface area contributed by atoms with E-state index in [-0.39, 0.29) is 5.41 Å². The highest BCUT2D eigenvalue weighted by Gasteiger charge is 2.46. The highest BCUT2D eigenvalue weighted by atomic mass is 16.5. The SMILES string of the molecule is c1ccc(CN2CCC3OCCCC3(COCC3CC3)C2)nc1. The fourth-order valence-corrected chi connectivity index (χ4v) is 4.16. The molecular formula is C19H28N2O2. The topological polar surface area (TPSA) is 34.6 Å². The predicted octanol–water partition coefficient (Wildman–Crippen LogP) is 2.88. The molecule has 0 aromatic carbocycles. The minimum absolute atomic E-state index is 0.195. The van der Waals surface area contributed by atoms with E-state index < -0.39 is 0 Å². The molecule has 4 nitrogen and oxygen atoms in total. The van der Waals surface area contributed by atoms with Gasteiger partial charge < -0.3 is 9.47 Å². The van der Waals surface area contributed by atoms with Gasteiger partial charge in [-0.15, -0.1) is 0 Å². The lowest BCUT2D eigenvalue weighted by Gasteiger charge is -2.50. The largest absolute Gasteiger partial charge is 0.380 e. The Morgan fingerprint density at radius 1 is 1.30 bits per heavy atom. The van der Waals surface area contributed by atoms with Gasteiger partial charge in [0.15, 0.2) is 0 Å². The van der Waals surface area contributed by atoms with Gasteiger partial charge >= 0.3 is 0 Å². The molecule has 2 saturated heterocycles. The number of pyridine rings is 1. The molecule has 2 atom stereocenters. The van der Waals surface area contributed by atoms with Crippen molar-refractivity contribution in [3.8, 4) is 0 Å². The van der Waals surface area contributed by atoms with E-state index >= 15 is 0 Å². The number of hydrogen-bond donors (Lipinski definition) is 0. The second kappa shape index (κ2) is 6.88. The zero-order valence-electron chi connectivity index (χ0n) is 14.0. The highest BCUT2D eigenvalue weighted by molar-refractivity contribution is 5.05. The monoisotopic (exact) mass is 316 g/mol. The van der Waals surface area contributed by atoms with Crippen molar-refractivity contribution in [3.63, 3.8) is 0 Å². The van der Waals surface area contributed by atoms with E-state index in [0.29, 0.717) is 6.10 Å². The Balaban J connectivity index is 1.41. The van der Waals surface area contributed by atoms with Crippen LogP contribution in [-0.2, 0) is 16.0 Å². The molecule has 1 aliphatic carbocycles. The zero-order valence-corrected chi connectivity index (χ0v) is 14.0. The summed E-state index contributed by atoms with van der Waals surface area (Å²) in [5, 5.41) is 0. The number of rotatable bonds is 6. The highest BCUT2D eigenvalue weighted by Crippen LogP contribution is 2.41. The van der Waals surface area contributed by atoms with Crippen LogP contribution in [0.3, 0.4) is 0 Å². The van der Waals surface area contributed by atoms with Crippen LogP contribution in [0.15, 0.2) is 24.4 Å². The quantitative estimate of drug-likeness (QED) is 0.808. The summed E-state index contributed by atoms with van der Waals surface area (Å²) in [6.07, 6.45) is 8.52. The smallest absolute Gasteiger partial charge is 0.0677 e. The Labute approximate surface area is 139 Å². The van der Waals surface area contributed by atoms with Gasteiger partial charge in [0.25, 0.3) is 0 Å². The van der Waals surface area contributed by atoms with Gasteiger partial charge in [0.05, 0.1) is 18.4 Å². The summed E-state index contributed by atoms with van der Waals surface area (Å²) >= 11 is 0. The van der Waals surface area contributed by atoms with Crippen molar-refractivity contribution in [1.29, 1.82) is 0 Å². The summed E-state index contributed by atoms with van der Waals surface area (Å²) in [7, 11) is 0. The molecule has 0 spiro atoms. The van der Waals surface area contributed by atoms with Crippen molar-refractivity contribution in [2.75, 3.05) is 32.9 Å². The summed E-state index contributed by atoms with van der Waals surface area (Å²) in [5.41, 5.74) is 1.36. The van der Waals surface area contributed by atoms with Gasteiger partial charge in [-0.3, -0.25) is 9.88 Å². The van der Waals surface area contributed by atoms with Gasteiger partial charge in [-0.05, 0) is 50.2 Å². The number of hydrogen-bond acceptors (Lipinski definition) is 4. The minimum atomic E-state index is 0.195. The molecule has 3 heterocycles. The Hall–Kier alpha value is -0.970. The molecule has 0 radical (unpaired) electrons. The fourth-order valence-electron chi connectivity index (χ4n) is 4.16. The van der Waals surface area contributed by atoms with Crippen LogP contribution in [0.2, 0.25) is 0 Å². The van der Waals surface area contributed by atoms with E-state index in [2.05, 4.69) is 22.0 Å². The lowest BCUT2D eigenvalue weighted by Crippen LogP contribution is -2.56. The van der Waals surface area contributed by atoms with Crippen LogP contribution in [0.4, 0.5) is 0 Å². The summed E-state index contributed by atoms with van der Waals surface area (Å²) in [5.74, 6) is 0.836. The molecule has 1 saturated carbocycles. The van der Waals surface area contributed by atoms with Gasteiger partial charge in [0.2, 0.25) is 0 Å². The first-order chi connectivity index (χ1) is 11.3. The average Bonchev–Trinajstić information content (AvgIpc) is 3.40. The Morgan fingerprint density at radius 2 is 2.26 bits per heavy atom. The first-order valence-electron chi connectivity index (χ1n) is 9.16. The van der Waals surface area contributed by atoms with Gasteiger partial charge in [-0.1, -0.05) is 6.07 Å². The average molecular weight is 316 g/mol. The van der Waals surface area contributed by atoms with Crippen molar-refractivity contribution in [2.24, 2.45) is 11.3 Å². The van der Waals surface area contributed by atoms with Crippen LogP contribution in [0.5, 0.6) is 0 Å². The second-order valence-electron chi connectivity index (χ2n) is 7.60. The number of aromatic nitrogens is 1. The van der Waals surface area contributed by atoms with Crippen LogP contribution in [0, 0.1) is 11.3 Å². The van der Waals surface area contributed by atoms with E-state index in [0.717, 1.165) is 57.5 Å². The van der Waals surface area contributed by atoms with Gasteiger partial charge in [0, 0.05) is 44.5 Å². The maximum atomic E-state index is 6.13. The van der Waals surface area contributed by atoms with Crippen LogP contribution < -0.4 is 0 Å². The molecule has 2 unspecified atom stereocenters. The number of nitrogens with zero attached hydrogens (tertiary/aromatic N) is 2. The van der Waals surface area contributed by atoms with Crippen molar-refractivity contribution in [2.45, 2.75) is 44.8 Å². The first-order valence-corrected chi connectivity index (χ1v) is 9.16. The predicted molar refractivity (Wildman–Crippen MR) is 89.1 cm³/mol. The van der Waals surface area contributed by atoms with E-state index in [4.69, 9.17) is 9.47 Å². The summed E-state index contributed by atoms with van der Waals surface area (Å²) < 4.78 is 12.3. The van der Waals surface area contributed by atoms with Gasteiger partial charge in [-0.25, -0.2) is 0 Å². The molecule has 4 heteroatoms. The van der Waals surface area contributed by atoms with E-state index in [1.54, 1.807) is 0 Å². The molecule has 1 aromatic heterocycles. The molecule has 4 rings (SSSR count). The molecule has 0 N–H and O–H groups in total. The molecule has 126 valence electrons. The van der Waals surface area contributed by atoms with Crippen LogP contribution >= 0.6 is 0 Å². The van der Waals surface area contributed by atoms with Crippen LogP contribution in [0.25, 0.3) is 0 Å². The normalized spacial score (nSPS) is 31.7. The summed E-state index contributed by atoms with van der Waals surface area (Å²) in [4.78, 5) is 7.04. The summed E-state index contributed by atoms with van der Waals surface area (Å²) in [6.45, 7) is 5.87. The molecule has 0 amide bonds. The van der Waals surface area contributed by atoms with E-state index in [9.17, 15) is 0 Å². The number of likely N-dealkylation sites (tertiary alicyclic amines) is 1. The lowest BCUT2D eigenvalue weighted by molar-refractivity contribution is -0.154. The maximum absolute atomic E-state index is 6.13. The maximum Gasteiger partial charge on any atom is 0.0677 e. The third-order valence-electron chi connectivity index (χ3n) is 5.62. The molecule has 0 bridgehead atoms. The molecule has 3 aliphatic rings. The third-order valence-corrected chi connectivity index (χ3v) is 5.62. The van der Waals surface area contributed by atoms with Crippen molar-refractivity contribution >= 4 is 0 Å². The molecular weight excluding hydrogens is 288 g/mol. The Bertz CT molecular complexity index is 505. The molecule has 23 heavy (non-hydrogen) atoms. The number of fused-ring (bicyclic) bond motifs is 1. The fraction of sp³-hybridized carbons (Fsp3) is 0.737. The van der Waals surface area contributed by atoms with E-state index in [1.807, 2.05) is 12.3 Å². The lowest BCUT2D eigenvalue weighted by atomic mass is 9.73. The standard InChI is InChI=1S/C19H28N2O2/c1-2-9-20-17(4-1)12-21-10-7-18-19(14-21,8-3-11-23-18)15-22-13-16-5-6-16/h1-2,4,9,16,18H,3,5-8,10-15H2. The Morgan fingerprint density at radius 3 is 3.09 bits per heavy atom. The minimum Gasteiger partial charge on any atom is -0.380 e. The third kappa shape index (κ3) is 3.76.